The number of hydrogen-bond donors (Lipinski definition) is 0. The summed E-state index contributed by atoms with van der Waals surface area (Å²) in [6.07, 6.45) is 7.91. The Kier molecular flexibility index (Phi) is 1.62. The fourth-order valence-electron chi connectivity index (χ4n) is 2.81. The molecule has 4 nitrogen and oxygen atoms in total. The molecule has 0 aromatic carbocycles. The second-order valence-corrected chi connectivity index (χ2v) is 5.73. The van der Waals surface area contributed by atoms with Crippen LogP contribution in [0, 0.1) is 0 Å². The SMILES string of the molecule is c1cnc2c(c1)C[n+]1c-2sc2cn3cccnc3c21. The van der Waals surface area contributed by atoms with Gasteiger partial charge in [-0.15, -0.1) is 0 Å². The molecular formula is C14H9N4S+. The van der Waals surface area contributed by atoms with E-state index in [1.165, 1.54) is 20.8 Å². The van der Waals surface area contributed by atoms with E-state index < -0.39 is 0 Å². The van der Waals surface area contributed by atoms with Crippen LogP contribution in [0.4, 0.5) is 0 Å². The first-order valence-corrected chi connectivity index (χ1v) is 6.96. The lowest BCUT2D eigenvalue weighted by Gasteiger charge is -1.90. The Morgan fingerprint density at radius 1 is 1.21 bits per heavy atom. The second-order valence-electron chi connectivity index (χ2n) is 4.70. The molecule has 1 aliphatic rings. The van der Waals surface area contributed by atoms with E-state index in [-0.39, 0.29) is 0 Å². The van der Waals surface area contributed by atoms with E-state index in [1.54, 1.807) is 11.3 Å². The molecule has 0 aliphatic carbocycles. The van der Waals surface area contributed by atoms with Crippen LogP contribution in [0.1, 0.15) is 5.56 Å². The summed E-state index contributed by atoms with van der Waals surface area (Å²) < 4.78 is 5.69. The predicted molar refractivity (Wildman–Crippen MR) is 73.1 cm³/mol. The minimum Gasteiger partial charge on any atom is -0.301 e. The molecule has 0 bridgehead atoms. The van der Waals surface area contributed by atoms with E-state index in [0.29, 0.717) is 0 Å². The van der Waals surface area contributed by atoms with Crippen molar-refractivity contribution in [1.29, 1.82) is 0 Å². The van der Waals surface area contributed by atoms with Gasteiger partial charge in [-0.25, -0.2) is 9.97 Å². The van der Waals surface area contributed by atoms with Crippen LogP contribution in [0.3, 0.4) is 0 Å². The van der Waals surface area contributed by atoms with Crippen LogP contribution in [-0.4, -0.2) is 14.4 Å². The molecule has 5 heterocycles. The summed E-state index contributed by atoms with van der Waals surface area (Å²) in [5.74, 6) is 0. The first-order chi connectivity index (χ1) is 9.42. The van der Waals surface area contributed by atoms with E-state index >= 15 is 0 Å². The van der Waals surface area contributed by atoms with Gasteiger partial charge in [0.1, 0.15) is 4.70 Å². The first-order valence-electron chi connectivity index (χ1n) is 6.14. The number of aromatic nitrogens is 4. The van der Waals surface area contributed by atoms with Crippen LogP contribution < -0.4 is 4.57 Å². The van der Waals surface area contributed by atoms with Crippen LogP contribution in [-0.2, 0) is 6.54 Å². The van der Waals surface area contributed by atoms with Crippen molar-refractivity contribution < 1.29 is 4.57 Å². The van der Waals surface area contributed by atoms with Gasteiger partial charge in [0.2, 0.25) is 5.65 Å². The zero-order valence-corrected chi connectivity index (χ0v) is 10.8. The Labute approximate surface area is 112 Å². The van der Waals surface area contributed by atoms with Crippen molar-refractivity contribution in [2.45, 2.75) is 6.54 Å². The van der Waals surface area contributed by atoms with Gasteiger partial charge in [0.15, 0.2) is 12.2 Å². The third-order valence-corrected chi connectivity index (χ3v) is 4.75. The summed E-state index contributed by atoms with van der Waals surface area (Å²) in [7, 11) is 0. The number of fused-ring (bicyclic) bond motifs is 7. The normalized spacial score (nSPS) is 13.1. The lowest BCUT2D eigenvalue weighted by atomic mass is 10.2. The molecule has 0 amide bonds. The van der Waals surface area contributed by atoms with E-state index in [1.807, 2.05) is 30.7 Å². The average Bonchev–Trinajstić information content (AvgIpc) is 3.05. The highest BCUT2D eigenvalue weighted by Gasteiger charge is 2.34. The number of hydrogen-bond acceptors (Lipinski definition) is 3. The van der Waals surface area contributed by atoms with Crippen molar-refractivity contribution in [2.75, 3.05) is 0 Å². The number of nitrogens with zero attached hydrogens (tertiary/aromatic N) is 4. The van der Waals surface area contributed by atoms with E-state index in [0.717, 1.165) is 17.9 Å². The lowest BCUT2D eigenvalue weighted by Crippen LogP contribution is -2.30. The quantitative estimate of drug-likeness (QED) is 0.402. The van der Waals surface area contributed by atoms with Gasteiger partial charge in [-0.2, -0.15) is 4.57 Å². The monoisotopic (exact) mass is 265 g/mol. The minimum atomic E-state index is 0.898. The number of thiazole rings is 1. The summed E-state index contributed by atoms with van der Waals surface area (Å²) in [6.45, 7) is 0.898. The van der Waals surface area contributed by atoms with Crippen molar-refractivity contribution in [3.05, 3.63) is 48.5 Å². The molecule has 0 radical (unpaired) electrons. The van der Waals surface area contributed by atoms with Crippen molar-refractivity contribution in [1.82, 2.24) is 14.4 Å². The summed E-state index contributed by atoms with van der Waals surface area (Å²) in [5.41, 5.74) is 4.66. The summed E-state index contributed by atoms with van der Waals surface area (Å²) >= 11 is 1.79. The van der Waals surface area contributed by atoms with Gasteiger partial charge in [-0.05, 0) is 18.2 Å². The fraction of sp³-hybridized carbons (Fsp3) is 0.0714. The van der Waals surface area contributed by atoms with E-state index in [4.69, 9.17) is 0 Å². The molecule has 0 unspecified atom stereocenters. The molecule has 5 heteroatoms. The Hall–Kier alpha value is -2.27. The zero-order chi connectivity index (χ0) is 12.4. The van der Waals surface area contributed by atoms with Gasteiger partial charge in [0.25, 0.3) is 10.5 Å². The molecule has 0 atom stereocenters. The van der Waals surface area contributed by atoms with Crippen LogP contribution in [0.5, 0.6) is 0 Å². The standard InChI is InChI=1S/C14H9N4S/c1-3-9-7-18-12-10(19-14(18)11(9)15-4-1)8-17-6-2-5-16-13(12)17/h1-6,8H,7H2/q+1. The molecule has 0 saturated carbocycles. The van der Waals surface area contributed by atoms with Gasteiger partial charge >= 0.3 is 0 Å². The average molecular weight is 265 g/mol. The summed E-state index contributed by atoms with van der Waals surface area (Å²) in [5, 5.41) is 1.24. The third-order valence-electron chi connectivity index (χ3n) is 3.62. The van der Waals surface area contributed by atoms with Crippen LogP contribution >= 0.6 is 11.3 Å². The largest absolute Gasteiger partial charge is 0.301 e. The smallest absolute Gasteiger partial charge is 0.289 e. The van der Waals surface area contributed by atoms with Gasteiger partial charge in [0.05, 0.1) is 5.56 Å². The predicted octanol–water partition coefficient (Wildman–Crippen LogP) is 2.26. The van der Waals surface area contributed by atoms with Crippen molar-refractivity contribution in [3.8, 4) is 10.7 Å². The Morgan fingerprint density at radius 2 is 2.16 bits per heavy atom. The molecule has 0 N–H and O–H groups in total. The van der Waals surface area contributed by atoms with E-state index in [2.05, 4.69) is 31.2 Å². The topological polar surface area (TPSA) is 34.1 Å². The number of rotatable bonds is 0. The Balaban J connectivity index is 1.94. The molecule has 0 fully saturated rings. The maximum absolute atomic E-state index is 4.52. The molecule has 4 aromatic rings. The van der Waals surface area contributed by atoms with E-state index in [9.17, 15) is 0 Å². The Morgan fingerprint density at radius 3 is 3.16 bits per heavy atom. The van der Waals surface area contributed by atoms with Gasteiger partial charge in [0, 0.05) is 24.8 Å². The Bertz CT molecular complexity index is 951. The maximum atomic E-state index is 4.52. The molecule has 5 rings (SSSR count). The second kappa shape index (κ2) is 3.19. The molecule has 1 aliphatic heterocycles. The zero-order valence-electron chi connectivity index (χ0n) is 9.95. The maximum Gasteiger partial charge on any atom is 0.289 e. The first kappa shape index (κ1) is 9.63. The minimum absolute atomic E-state index is 0.898. The molecule has 19 heavy (non-hydrogen) atoms. The van der Waals surface area contributed by atoms with Crippen LogP contribution in [0.25, 0.3) is 26.6 Å². The van der Waals surface area contributed by atoms with Gasteiger partial charge in [-0.1, -0.05) is 11.3 Å². The highest BCUT2D eigenvalue weighted by molar-refractivity contribution is 7.21. The summed E-state index contributed by atoms with van der Waals surface area (Å²) in [6, 6.07) is 6.11. The van der Waals surface area contributed by atoms with Gasteiger partial charge < -0.3 is 4.40 Å². The van der Waals surface area contributed by atoms with Crippen LogP contribution in [0.2, 0.25) is 0 Å². The highest BCUT2D eigenvalue weighted by atomic mass is 32.1. The molecule has 90 valence electrons. The van der Waals surface area contributed by atoms with Crippen molar-refractivity contribution >= 4 is 27.2 Å². The fourth-order valence-corrected chi connectivity index (χ4v) is 4.03. The van der Waals surface area contributed by atoms with Gasteiger partial charge in [-0.3, -0.25) is 0 Å². The molecule has 0 spiro atoms. The number of pyridine rings is 1. The summed E-state index contributed by atoms with van der Waals surface area (Å²) in [4.78, 5) is 9.03. The van der Waals surface area contributed by atoms with Crippen LogP contribution in [0.15, 0.2) is 43.0 Å². The third kappa shape index (κ3) is 1.11. The highest BCUT2D eigenvalue weighted by Crippen LogP contribution is 2.35. The molecular weight excluding hydrogens is 256 g/mol. The lowest BCUT2D eigenvalue weighted by molar-refractivity contribution is -0.641. The molecule has 4 aromatic heterocycles. The molecule has 0 saturated heterocycles. The van der Waals surface area contributed by atoms with Crippen molar-refractivity contribution in [2.24, 2.45) is 0 Å². The van der Waals surface area contributed by atoms with Crippen molar-refractivity contribution in [3.63, 3.8) is 0 Å².